The molecule has 1 aliphatic heterocycles. The molecule has 1 amide bonds. The van der Waals surface area contributed by atoms with Gasteiger partial charge in [-0.15, -0.1) is 0 Å². The first kappa shape index (κ1) is 14.3. The number of amides is 1. The van der Waals surface area contributed by atoms with Gasteiger partial charge >= 0.3 is 0 Å². The molecule has 0 spiro atoms. The molecule has 2 N–H and O–H groups in total. The van der Waals surface area contributed by atoms with Gasteiger partial charge in [-0.3, -0.25) is 19.7 Å². The summed E-state index contributed by atoms with van der Waals surface area (Å²) in [6.45, 7) is 1.22. The third-order valence-electron chi connectivity index (χ3n) is 3.81. The number of carbonyl (C=O) groups excluding carboxylic acids is 1. The summed E-state index contributed by atoms with van der Waals surface area (Å²) in [4.78, 5) is 34.8. The Labute approximate surface area is 127 Å². The molecule has 0 saturated carbocycles. The van der Waals surface area contributed by atoms with Gasteiger partial charge in [0.2, 0.25) is 5.95 Å². The van der Waals surface area contributed by atoms with Gasteiger partial charge in [0, 0.05) is 45.4 Å². The van der Waals surface area contributed by atoms with Crippen molar-refractivity contribution in [2.45, 2.75) is 12.3 Å². The van der Waals surface area contributed by atoms with Crippen LogP contribution in [0.2, 0.25) is 0 Å². The van der Waals surface area contributed by atoms with E-state index in [2.05, 4.69) is 20.2 Å². The maximum Gasteiger partial charge on any atom is 0.257 e. The summed E-state index contributed by atoms with van der Waals surface area (Å²) in [6, 6.07) is 1.52. The van der Waals surface area contributed by atoms with Crippen LogP contribution in [0.3, 0.4) is 0 Å². The van der Waals surface area contributed by atoms with Crippen LogP contribution in [-0.2, 0) is 0 Å². The Kier molecular flexibility index (Phi) is 3.66. The first-order valence-corrected chi connectivity index (χ1v) is 7.11. The van der Waals surface area contributed by atoms with Crippen molar-refractivity contribution in [3.8, 4) is 0 Å². The number of nitrogens with zero attached hydrogens (tertiary/aromatic N) is 4. The lowest BCUT2D eigenvalue weighted by atomic mass is 10.1. The molecule has 2 aromatic heterocycles. The molecule has 1 fully saturated rings. The van der Waals surface area contributed by atoms with Gasteiger partial charge in [-0.1, -0.05) is 0 Å². The fraction of sp³-hybridized carbons (Fsp3) is 0.429. The number of likely N-dealkylation sites (tertiary alicyclic amines) is 1. The maximum absolute atomic E-state index is 12.3. The van der Waals surface area contributed by atoms with Crippen LogP contribution >= 0.6 is 0 Å². The molecule has 1 atom stereocenters. The molecule has 116 valence electrons. The molecule has 0 aliphatic carbocycles. The summed E-state index contributed by atoms with van der Waals surface area (Å²) >= 11 is 0. The molecule has 0 bridgehead atoms. The molecule has 0 radical (unpaired) electrons. The largest absolute Gasteiger partial charge is 0.348 e. The first-order chi connectivity index (χ1) is 10.5. The Morgan fingerprint density at radius 1 is 1.45 bits per heavy atom. The van der Waals surface area contributed by atoms with Crippen molar-refractivity contribution in [3.63, 3.8) is 0 Å². The minimum atomic E-state index is -0.173. The second-order valence-corrected chi connectivity index (χ2v) is 5.61. The number of anilines is 1. The van der Waals surface area contributed by atoms with Gasteiger partial charge in [-0.2, -0.15) is 5.10 Å². The second kappa shape index (κ2) is 5.63. The summed E-state index contributed by atoms with van der Waals surface area (Å²) in [5.74, 6) is 0.563. The van der Waals surface area contributed by atoms with Gasteiger partial charge in [0.1, 0.15) is 0 Å². The van der Waals surface area contributed by atoms with Crippen LogP contribution in [0.5, 0.6) is 0 Å². The average Bonchev–Trinajstić information content (AvgIpc) is 3.17. The lowest BCUT2D eigenvalue weighted by Gasteiger charge is -2.16. The van der Waals surface area contributed by atoms with E-state index < -0.39 is 0 Å². The van der Waals surface area contributed by atoms with Gasteiger partial charge in [0.05, 0.1) is 17.5 Å². The Morgan fingerprint density at radius 2 is 2.27 bits per heavy atom. The number of H-pyrrole nitrogens is 2. The molecule has 1 aliphatic rings. The van der Waals surface area contributed by atoms with Gasteiger partial charge in [-0.05, 0) is 6.42 Å². The normalized spacial score (nSPS) is 17.7. The average molecular weight is 302 g/mol. The lowest BCUT2D eigenvalue weighted by molar-refractivity contribution is 0.0791. The van der Waals surface area contributed by atoms with Crippen LogP contribution < -0.4 is 10.5 Å². The molecule has 1 unspecified atom stereocenters. The van der Waals surface area contributed by atoms with Crippen LogP contribution in [0, 0.1) is 0 Å². The lowest BCUT2D eigenvalue weighted by Crippen LogP contribution is -2.28. The topological polar surface area (TPSA) is 98.0 Å². The van der Waals surface area contributed by atoms with Crippen molar-refractivity contribution < 1.29 is 4.79 Å². The number of rotatable bonds is 3. The highest BCUT2D eigenvalue weighted by molar-refractivity contribution is 5.93. The number of aromatic nitrogens is 4. The third kappa shape index (κ3) is 2.72. The van der Waals surface area contributed by atoms with Crippen LogP contribution in [0.4, 0.5) is 5.95 Å². The SMILES string of the molecule is CN(C)c1nc(C2CCN(C(=O)c3cn[nH]c3)C2)cc(=O)[nH]1. The monoisotopic (exact) mass is 302 g/mol. The van der Waals surface area contributed by atoms with Crippen LogP contribution in [0.15, 0.2) is 23.3 Å². The predicted octanol–water partition coefficient (Wildman–Crippen LogP) is 0.189. The number of hydrogen-bond acceptors (Lipinski definition) is 5. The van der Waals surface area contributed by atoms with Gasteiger partial charge in [0.25, 0.3) is 11.5 Å². The third-order valence-corrected chi connectivity index (χ3v) is 3.81. The van der Waals surface area contributed by atoms with Crippen molar-refractivity contribution in [3.05, 3.63) is 40.1 Å². The quantitative estimate of drug-likeness (QED) is 0.843. The Bertz CT molecular complexity index is 721. The maximum atomic E-state index is 12.3. The summed E-state index contributed by atoms with van der Waals surface area (Å²) in [7, 11) is 3.65. The van der Waals surface area contributed by atoms with E-state index in [0.29, 0.717) is 24.6 Å². The van der Waals surface area contributed by atoms with Crippen molar-refractivity contribution in [2.24, 2.45) is 0 Å². The second-order valence-electron chi connectivity index (χ2n) is 5.61. The van der Waals surface area contributed by atoms with Crippen molar-refractivity contribution >= 4 is 11.9 Å². The van der Waals surface area contributed by atoms with E-state index in [-0.39, 0.29) is 17.4 Å². The molecule has 22 heavy (non-hydrogen) atoms. The minimum absolute atomic E-state index is 0.0473. The highest BCUT2D eigenvalue weighted by Gasteiger charge is 2.29. The van der Waals surface area contributed by atoms with Crippen molar-refractivity contribution in [1.29, 1.82) is 0 Å². The molecule has 0 aromatic carbocycles. The Hall–Kier alpha value is -2.64. The first-order valence-electron chi connectivity index (χ1n) is 7.11. The summed E-state index contributed by atoms with van der Waals surface area (Å²) in [6.07, 6.45) is 3.91. The van der Waals surface area contributed by atoms with E-state index in [0.717, 1.165) is 12.1 Å². The van der Waals surface area contributed by atoms with E-state index >= 15 is 0 Å². The molecule has 8 heteroatoms. The van der Waals surface area contributed by atoms with E-state index in [1.165, 1.54) is 12.3 Å². The molecule has 3 rings (SSSR count). The van der Waals surface area contributed by atoms with E-state index in [1.54, 1.807) is 16.0 Å². The number of aromatic amines is 2. The fourth-order valence-electron chi connectivity index (χ4n) is 2.62. The van der Waals surface area contributed by atoms with Gasteiger partial charge < -0.3 is 9.80 Å². The molecular formula is C14H18N6O2. The van der Waals surface area contributed by atoms with Crippen molar-refractivity contribution in [2.75, 3.05) is 32.1 Å². The predicted molar refractivity (Wildman–Crippen MR) is 81.0 cm³/mol. The van der Waals surface area contributed by atoms with Crippen molar-refractivity contribution in [1.82, 2.24) is 25.1 Å². The van der Waals surface area contributed by atoms with E-state index in [1.807, 2.05) is 14.1 Å². The summed E-state index contributed by atoms with van der Waals surface area (Å²) in [5, 5.41) is 6.44. The number of carbonyl (C=O) groups is 1. The standard InChI is InChI=1S/C14H18N6O2/c1-19(2)14-17-11(5-12(21)18-14)9-3-4-20(8-9)13(22)10-6-15-16-7-10/h5-7,9H,3-4,8H2,1-2H3,(H,15,16)(H,17,18,21). The molecular weight excluding hydrogens is 284 g/mol. The molecule has 8 nitrogen and oxygen atoms in total. The number of hydrogen-bond donors (Lipinski definition) is 2. The zero-order valence-corrected chi connectivity index (χ0v) is 12.5. The smallest absolute Gasteiger partial charge is 0.257 e. The van der Waals surface area contributed by atoms with Crippen LogP contribution in [0.25, 0.3) is 0 Å². The summed E-state index contributed by atoms with van der Waals surface area (Å²) < 4.78 is 0. The van der Waals surface area contributed by atoms with E-state index in [9.17, 15) is 9.59 Å². The van der Waals surface area contributed by atoms with Gasteiger partial charge in [0.15, 0.2) is 0 Å². The molecule has 1 saturated heterocycles. The van der Waals surface area contributed by atoms with Crippen LogP contribution in [0.1, 0.15) is 28.4 Å². The Balaban J connectivity index is 1.78. The fourth-order valence-corrected chi connectivity index (χ4v) is 2.62. The number of nitrogens with one attached hydrogen (secondary N) is 2. The minimum Gasteiger partial charge on any atom is -0.348 e. The zero-order valence-electron chi connectivity index (χ0n) is 12.5. The van der Waals surface area contributed by atoms with Crippen LogP contribution in [-0.4, -0.2) is 58.2 Å². The highest BCUT2D eigenvalue weighted by Crippen LogP contribution is 2.26. The Morgan fingerprint density at radius 3 is 2.95 bits per heavy atom. The van der Waals surface area contributed by atoms with Gasteiger partial charge in [-0.25, -0.2) is 4.98 Å². The zero-order chi connectivity index (χ0) is 15.7. The highest BCUT2D eigenvalue weighted by atomic mass is 16.2. The van der Waals surface area contributed by atoms with E-state index in [4.69, 9.17) is 0 Å². The molecule has 2 aromatic rings. The molecule has 3 heterocycles. The summed E-state index contributed by atoms with van der Waals surface area (Å²) in [5.41, 5.74) is 1.11.